The molecule has 182 valence electrons. The summed E-state index contributed by atoms with van der Waals surface area (Å²) < 4.78 is 44.6. The molecule has 1 aromatic heterocycles. The standard InChI is InChI=1S/C25H25N3O5S2/c1-25(2,3)34(31)26-24(18-13-15-20(16-14-18)28(29)30)23-17-19-9-7-8-12-22(19)27(23)35(32,33)21-10-5-4-6-11-21/h4-17,24,26H,1-3H3/t24-,34?/m0/s1. The molecule has 0 radical (unpaired) electrons. The second kappa shape index (κ2) is 9.37. The molecule has 0 aliphatic rings. The Balaban J connectivity index is 1.98. The zero-order valence-electron chi connectivity index (χ0n) is 19.4. The number of hydrogen-bond donors (Lipinski definition) is 1. The molecule has 1 N–H and O–H groups in total. The lowest BCUT2D eigenvalue weighted by atomic mass is 10.0. The maximum Gasteiger partial charge on any atom is 0.269 e. The largest absolute Gasteiger partial charge is 0.269 e. The molecule has 35 heavy (non-hydrogen) atoms. The highest BCUT2D eigenvalue weighted by Crippen LogP contribution is 2.33. The van der Waals surface area contributed by atoms with E-state index >= 15 is 0 Å². The molecule has 0 aliphatic carbocycles. The second-order valence-electron chi connectivity index (χ2n) is 8.99. The van der Waals surface area contributed by atoms with Crippen molar-refractivity contribution in [1.29, 1.82) is 0 Å². The van der Waals surface area contributed by atoms with Crippen LogP contribution in [0.5, 0.6) is 0 Å². The molecule has 10 heteroatoms. The Morgan fingerprint density at radius 3 is 2.14 bits per heavy atom. The van der Waals surface area contributed by atoms with E-state index in [-0.39, 0.29) is 10.6 Å². The number of aromatic nitrogens is 1. The number of benzene rings is 3. The van der Waals surface area contributed by atoms with Gasteiger partial charge in [-0.25, -0.2) is 21.3 Å². The minimum atomic E-state index is -4.03. The van der Waals surface area contributed by atoms with Crippen LogP contribution in [0, 0.1) is 10.1 Å². The van der Waals surface area contributed by atoms with E-state index in [0.29, 0.717) is 22.2 Å². The molecule has 0 bridgehead atoms. The van der Waals surface area contributed by atoms with Gasteiger partial charge in [-0.05, 0) is 50.6 Å². The molecule has 1 unspecified atom stereocenters. The smallest absolute Gasteiger partial charge is 0.258 e. The summed E-state index contributed by atoms with van der Waals surface area (Å²) in [7, 11) is -5.61. The van der Waals surface area contributed by atoms with Gasteiger partial charge in [-0.2, -0.15) is 0 Å². The SMILES string of the molecule is CC(C)(C)S(=O)N[C@@H](c1ccc([N+](=O)[O-])cc1)c1cc2ccccc2n1S(=O)(=O)c1ccccc1. The first-order chi connectivity index (χ1) is 16.5. The lowest BCUT2D eigenvalue weighted by molar-refractivity contribution is -0.384. The van der Waals surface area contributed by atoms with Gasteiger partial charge in [-0.15, -0.1) is 0 Å². The number of rotatable bonds is 7. The second-order valence-corrected chi connectivity index (χ2v) is 12.8. The van der Waals surface area contributed by atoms with Gasteiger partial charge in [0.2, 0.25) is 0 Å². The number of nitrogens with one attached hydrogen (secondary N) is 1. The number of nitrogens with zero attached hydrogens (tertiary/aromatic N) is 2. The van der Waals surface area contributed by atoms with E-state index in [4.69, 9.17) is 0 Å². The fraction of sp³-hybridized carbons (Fsp3) is 0.200. The number of para-hydroxylation sites is 1. The highest BCUT2D eigenvalue weighted by Gasteiger charge is 2.31. The Morgan fingerprint density at radius 1 is 0.943 bits per heavy atom. The van der Waals surface area contributed by atoms with Gasteiger partial charge < -0.3 is 0 Å². The molecule has 4 rings (SSSR count). The van der Waals surface area contributed by atoms with Crippen molar-refractivity contribution in [2.75, 3.05) is 0 Å². The first kappa shape index (κ1) is 24.8. The highest BCUT2D eigenvalue weighted by atomic mass is 32.2. The fourth-order valence-corrected chi connectivity index (χ4v) is 6.09. The van der Waals surface area contributed by atoms with Crippen molar-refractivity contribution >= 4 is 37.6 Å². The molecule has 8 nitrogen and oxygen atoms in total. The number of nitro groups is 1. The average Bonchev–Trinajstić information content (AvgIpc) is 3.22. The first-order valence-electron chi connectivity index (χ1n) is 10.8. The Bertz CT molecular complexity index is 1510. The van der Waals surface area contributed by atoms with Crippen LogP contribution in [0.25, 0.3) is 10.9 Å². The summed E-state index contributed by atoms with van der Waals surface area (Å²) in [6.45, 7) is 5.41. The minimum absolute atomic E-state index is 0.0955. The molecule has 0 saturated heterocycles. The van der Waals surface area contributed by atoms with E-state index in [1.807, 2.05) is 12.1 Å². The van der Waals surface area contributed by atoms with E-state index in [0.717, 1.165) is 0 Å². The predicted molar refractivity (Wildman–Crippen MR) is 137 cm³/mol. The van der Waals surface area contributed by atoms with Crippen LogP contribution in [-0.4, -0.2) is 26.3 Å². The first-order valence-corrected chi connectivity index (χ1v) is 13.4. The van der Waals surface area contributed by atoms with Crippen molar-refractivity contribution in [3.63, 3.8) is 0 Å². The Hall–Kier alpha value is -3.34. The number of non-ortho nitro benzene ring substituents is 1. The fourth-order valence-electron chi connectivity index (χ4n) is 3.69. The van der Waals surface area contributed by atoms with Crippen molar-refractivity contribution in [3.05, 3.63) is 106 Å². The minimum Gasteiger partial charge on any atom is -0.258 e. The highest BCUT2D eigenvalue weighted by molar-refractivity contribution is 7.90. The van der Waals surface area contributed by atoms with E-state index in [2.05, 4.69) is 4.72 Å². The molecule has 3 aromatic carbocycles. The molecule has 0 saturated carbocycles. The van der Waals surface area contributed by atoms with E-state index in [1.54, 1.807) is 69.3 Å². The molecule has 4 aromatic rings. The van der Waals surface area contributed by atoms with Crippen LogP contribution in [0.4, 0.5) is 5.69 Å². The van der Waals surface area contributed by atoms with Crippen LogP contribution in [-0.2, 0) is 21.0 Å². The molecule has 0 aliphatic heterocycles. The lowest BCUT2D eigenvalue weighted by Gasteiger charge is -2.26. The average molecular weight is 512 g/mol. The third-order valence-corrected chi connectivity index (χ3v) is 8.81. The van der Waals surface area contributed by atoms with E-state index in [9.17, 15) is 22.7 Å². The maximum atomic E-state index is 13.9. The molecular weight excluding hydrogens is 486 g/mol. The normalized spacial score (nSPS) is 14.0. The zero-order chi connectivity index (χ0) is 25.4. The maximum absolute atomic E-state index is 13.9. The van der Waals surface area contributed by atoms with Crippen molar-refractivity contribution in [2.45, 2.75) is 36.5 Å². The Kier molecular flexibility index (Phi) is 6.63. The molecule has 1 heterocycles. The third kappa shape index (κ3) is 4.90. The summed E-state index contributed by atoms with van der Waals surface area (Å²) in [6.07, 6.45) is 0. The molecular formula is C25H25N3O5S2. The lowest BCUT2D eigenvalue weighted by Crippen LogP contribution is -2.37. The zero-order valence-corrected chi connectivity index (χ0v) is 21.0. The van der Waals surface area contributed by atoms with Crippen molar-refractivity contribution in [3.8, 4) is 0 Å². The monoisotopic (exact) mass is 511 g/mol. The van der Waals surface area contributed by atoms with E-state index < -0.39 is 36.7 Å². The van der Waals surface area contributed by atoms with Crippen LogP contribution in [0.15, 0.2) is 89.8 Å². The predicted octanol–water partition coefficient (Wildman–Crippen LogP) is 4.93. The van der Waals surface area contributed by atoms with Crippen LogP contribution < -0.4 is 4.72 Å². The molecule has 0 fully saturated rings. The molecule has 0 amide bonds. The van der Waals surface area contributed by atoms with Gasteiger partial charge in [-0.1, -0.05) is 48.5 Å². The van der Waals surface area contributed by atoms with Gasteiger partial charge in [0.05, 0.1) is 42.8 Å². The van der Waals surface area contributed by atoms with Crippen molar-refractivity contribution in [2.24, 2.45) is 0 Å². The number of hydrogen-bond acceptors (Lipinski definition) is 5. The summed E-state index contributed by atoms with van der Waals surface area (Å²) in [6, 6.07) is 21.9. The topological polar surface area (TPSA) is 111 Å². The van der Waals surface area contributed by atoms with Gasteiger partial charge in [0, 0.05) is 17.5 Å². The van der Waals surface area contributed by atoms with Gasteiger partial charge in [0.15, 0.2) is 0 Å². The number of nitro benzene ring substituents is 1. The molecule has 2 atom stereocenters. The summed E-state index contributed by atoms with van der Waals surface area (Å²) in [5.41, 5.74) is 1.27. The Morgan fingerprint density at radius 2 is 1.54 bits per heavy atom. The van der Waals surface area contributed by atoms with Gasteiger partial charge in [-0.3, -0.25) is 10.1 Å². The quantitative estimate of drug-likeness (QED) is 0.279. The number of fused-ring (bicyclic) bond motifs is 1. The summed E-state index contributed by atoms with van der Waals surface area (Å²) in [5, 5.41) is 11.9. The van der Waals surface area contributed by atoms with Crippen LogP contribution >= 0.6 is 0 Å². The summed E-state index contributed by atoms with van der Waals surface area (Å²) in [4.78, 5) is 10.8. The van der Waals surface area contributed by atoms with Gasteiger partial charge in [0.25, 0.3) is 15.7 Å². The summed E-state index contributed by atoms with van der Waals surface area (Å²) >= 11 is 0. The van der Waals surface area contributed by atoms with Crippen LogP contribution in [0.2, 0.25) is 0 Å². The Labute approximate surface area is 206 Å². The molecule has 0 spiro atoms. The third-order valence-electron chi connectivity index (χ3n) is 5.49. The van der Waals surface area contributed by atoms with Crippen molar-refractivity contribution < 1.29 is 17.6 Å². The van der Waals surface area contributed by atoms with Gasteiger partial charge >= 0.3 is 0 Å². The van der Waals surface area contributed by atoms with Crippen molar-refractivity contribution in [1.82, 2.24) is 8.69 Å². The van der Waals surface area contributed by atoms with Crippen LogP contribution in [0.3, 0.4) is 0 Å². The van der Waals surface area contributed by atoms with Gasteiger partial charge in [0.1, 0.15) is 0 Å². The summed E-state index contributed by atoms with van der Waals surface area (Å²) in [5.74, 6) is 0. The van der Waals surface area contributed by atoms with E-state index in [1.165, 1.54) is 28.2 Å². The van der Waals surface area contributed by atoms with Crippen LogP contribution in [0.1, 0.15) is 38.1 Å².